The number of alkyl halides is 3. The third-order valence-electron chi connectivity index (χ3n) is 7.22. The average molecular weight is 555 g/mol. The van der Waals surface area contributed by atoms with Gasteiger partial charge >= 0.3 is 6.18 Å². The monoisotopic (exact) mass is 554 g/mol. The topological polar surface area (TPSA) is 56.8 Å². The lowest BCUT2D eigenvalue weighted by Crippen LogP contribution is -2.49. The molecule has 0 unspecified atom stereocenters. The van der Waals surface area contributed by atoms with E-state index in [1.165, 1.54) is 17.4 Å². The van der Waals surface area contributed by atoms with Crippen LogP contribution in [0.4, 0.5) is 18.9 Å². The van der Waals surface area contributed by atoms with Crippen molar-refractivity contribution in [2.75, 3.05) is 44.2 Å². The molecule has 0 N–H and O–H groups in total. The summed E-state index contributed by atoms with van der Waals surface area (Å²) in [5, 5.41) is 2.76. The molecule has 5 rings (SSSR count). The van der Waals surface area contributed by atoms with Crippen LogP contribution < -0.4 is 4.90 Å². The van der Waals surface area contributed by atoms with Gasteiger partial charge in [0.2, 0.25) is 0 Å². The maximum atomic E-state index is 13.1. The van der Waals surface area contributed by atoms with Gasteiger partial charge in [-0.1, -0.05) is 36.4 Å². The van der Waals surface area contributed by atoms with Crippen LogP contribution in [0, 0.1) is 0 Å². The molecule has 0 saturated carbocycles. The van der Waals surface area contributed by atoms with Gasteiger partial charge in [0.05, 0.1) is 10.6 Å². The first kappa shape index (κ1) is 26.9. The Balaban J connectivity index is 1.11. The molecule has 0 radical (unpaired) electrons. The molecule has 0 bridgehead atoms. The molecule has 6 nitrogen and oxygen atoms in total. The summed E-state index contributed by atoms with van der Waals surface area (Å²) in [7, 11) is 0. The van der Waals surface area contributed by atoms with Crippen LogP contribution in [0.5, 0.6) is 0 Å². The van der Waals surface area contributed by atoms with Crippen molar-refractivity contribution in [2.45, 2.75) is 24.9 Å². The second kappa shape index (κ2) is 11.6. The third-order valence-corrected chi connectivity index (χ3v) is 8.23. The van der Waals surface area contributed by atoms with E-state index in [1.807, 2.05) is 34.7 Å². The van der Waals surface area contributed by atoms with Gasteiger partial charge in [0.15, 0.2) is 5.78 Å². The molecule has 0 aliphatic carbocycles. The van der Waals surface area contributed by atoms with E-state index in [2.05, 4.69) is 9.88 Å². The number of anilines is 1. The highest BCUT2D eigenvalue weighted by Gasteiger charge is 2.32. The zero-order valence-corrected chi connectivity index (χ0v) is 22.1. The van der Waals surface area contributed by atoms with Gasteiger partial charge in [0, 0.05) is 74.1 Å². The minimum absolute atomic E-state index is 0.0172. The Morgan fingerprint density at radius 1 is 0.923 bits per heavy atom. The minimum Gasteiger partial charge on any atom is -0.377 e. The number of allylic oxidation sites excluding steroid dienone is 1. The Morgan fingerprint density at radius 2 is 1.64 bits per heavy atom. The summed E-state index contributed by atoms with van der Waals surface area (Å²) in [5.74, 6) is 0.112. The molecule has 1 aromatic heterocycles. The van der Waals surface area contributed by atoms with Crippen molar-refractivity contribution in [3.8, 4) is 0 Å². The van der Waals surface area contributed by atoms with E-state index >= 15 is 0 Å². The maximum Gasteiger partial charge on any atom is 0.416 e. The number of hydrogen-bond donors (Lipinski definition) is 0. The second-order valence-corrected chi connectivity index (χ2v) is 10.6. The maximum absolute atomic E-state index is 13.1. The predicted octanol–water partition coefficient (Wildman–Crippen LogP) is 5.70. The predicted molar refractivity (Wildman–Crippen MR) is 145 cm³/mol. The number of likely N-dealkylation sites (tertiary alicyclic amines) is 1. The summed E-state index contributed by atoms with van der Waals surface area (Å²) in [6, 6.07) is 14.5. The Morgan fingerprint density at radius 3 is 2.33 bits per heavy atom. The summed E-state index contributed by atoms with van der Waals surface area (Å²) in [6.45, 7) is 3.39. The fourth-order valence-electron chi connectivity index (χ4n) is 4.95. The van der Waals surface area contributed by atoms with Gasteiger partial charge in [-0.25, -0.2) is 4.98 Å². The molecule has 2 aliphatic rings. The minimum atomic E-state index is -4.38. The van der Waals surface area contributed by atoms with Gasteiger partial charge in [0.1, 0.15) is 5.69 Å². The van der Waals surface area contributed by atoms with Crippen LogP contribution in [-0.4, -0.2) is 65.7 Å². The van der Waals surface area contributed by atoms with Crippen molar-refractivity contribution in [2.24, 2.45) is 0 Å². The number of piperidine rings is 1. The number of benzene rings is 2. The number of piperazine rings is 1. The van der Waals surface area contributed by atoms with E-state index < -0.39 is 11.7 Å². The van der Waals surface area contributed by atoms with Crippen molar-refractivity contribution in [3.63, 3.8) is 0 Å². The summed E-state index contributed by atoms with van der Waals surface area (Å²) in [6.07, 6.45) is 0.871. The lowest BCUT2D eigenvalue weighted by atomic mass is 9.98. The van der Waals surface area contributed by atoms with Crippen molar-refractivity contribution < 1.29 is 22.8 Å². The summed E-state index contributed by atoms with van der Waals surface area (Å²) in [5.41, 5.74) is 0.938. The van der Waals surface area contributed by atoms with Crippen LogP contribution >= 0.6 is 11.3 Å². The summed E-state index contributed by atoms with van der Waals surface area (Å²) in [4.78, 5) is 35.8. The summed E-state index contributed by atoms with van der Waals surface area (Å²) >= 11 is 1.50. The fourth-order valence-corrected chi connectivity index (χ4v) is 5.91. The summed E-state index contributed by atoms with van der Waals surface area (Å²) < 4.78 is 39.2. The van der Waals surface area contributed by atoms with Crippen LogP contribution in [0.1, 0.15) is 50.2 Å². The van der Waals surface area contributed by atoms with E-state index in [-0.39, 0.29) is 17.6 Å². The molecule has 204 valence electrons. The standard InChI is InChI=1S/C29H29F3N4O2S/c30-29(31,32)23-7-4-8-24(19-23)35-15-17-36(18-16-35)28(38)25-20-39-27(33-25)22-9-12-34(13-10-22)14-11-26(37)21-5-2-1-3-6-21/h1-8,11,14,19-20,22H,9-10,12-13,15-18H2. The first-order valence-corrected chi connectivity index (χ1v) is 13.8. The van der Waals surface area contributed by atoms with E-state index in [9.17, 15) is 22.8 Å². The van der Waals surface area contributed by atoms with Crippen LogP contribution in [0.15, 0.2) is 72.3 Å². The van der Waals surface area contributed by atoms with Crippen molar-refractivity contribution in [1.29, 1.82) is 0 Å². The quantitative estimate of drug-likeness (QED) is 0.289. The molecule has 1 amide bonds. The van der Waals surface area contributed by atoms with Crippen LogP contribution in [0.3, 0.4) is 0 Å². The van der Waals surface area contributed by atoms with Gasteiger partial charge in [-0.3, -0.25) is 9.59 Å². The molecule has 2 aliphatic heterocycles. The molecule has 3 heterocycles. The molecule has 0 spiro atoms. The molecular formula is C29H29F3N4O2S. The zero-order chi connectivity index (χ0) is 27.4. The average Bonchev–Trinajstić information content (AvgIpc) is 3.46. The first-order chi connectivity index (χ1) is 18.8. The fraction of sp³-hybridized carbons (Fsp3) is 0.345. The van der Waals surface area contributed by atoms with Gasteiger partial charge in [-0.05, 0) is 31.0 Å². The van der Waals surface area contributed by atoms with Gasteiger partial charge in [-0.2, -0.15) is 13.2 Å². The molecule has 39 heavy (non-hydrogen) atoms. The van der Waals surface area contributed by atoms with Crippen LogP contribution in [0.2, 0.25) is 0 Å². The molecule has 0 atom stereocenters. The van der Waals surface area contributed by atoms with E-state index in [0.29, 0.717) is 43.1 Å². The highest BCUT2D eigenvalue weighted by atomic mass is 32.1. The van der Waals surface area contributed by atoms with Crippen LogP contribution in [0.25, 0.3) is 0 Å². The first-order valence-electron chi connectivity index (χ1n) is 13.0. The van der Waals surface area contributed by atoms with E-state index in [0.717, 1.165) is 43.1 Å². The molecular weight excluding hydrogens is 525 g/mol. The number of ketones is 1. The Labute approximate surface area is 229 Å². The molecule has 2 fully saturated rings. The van der Waals surface area contributed by atoms with Gasteiger partial charge < -0.3 is 14.7 Å². The zero-order valence-electron chi connectivity index (χ0n) is 21.3. The van der Waals surface area contributed by atoms with Gasteiger partial charge in [-0.15, -0.1) is 11.3 Å². The van der Waals surface area contributed by atoms with E-state index in [4.69, 9.17) is 0 Å². The molecule has 10 heteroatoms. The Hall–Kier alpha value is -3.66. The number of rotatable bonds is 6. The van der Waals surface area contributed by atoms with Gasteiger partial charge in [0.25, 0.3) is 5.91 Å². The Kier molecular flexibility index (Phi) is 8.02. The van der Waals surface area contributed by atoms with Crippen molar-refractivity contribution >= 4 is 28.7 Å². The van der Waals surface area contributed by atoms with Crippen molar-refractivity contribution in [3.05, 3.63) is 94.1 Å². The SMILES string of the molecule is O=C(C=CN1CCC(c2nc(C(=O)N3CCN(c4cccc(C(F)(F)F)c4)CC3)cs2)CC1)c1ccccc1. The lowest BCUT2D eigenvalue weighted by molar-refractivity contribution is -0.137. The molecule has 2 saturated heterocycles. The Bertz CT molecular complexity index is 1330. The number of nitrogens with zero attached hydrogens (tertiary/aromatic N) is 4. The number of aromatic nitrogens is 1. The van der Waals surface area contributed by atoms with Crippen LogP contribution in [-0.2, 0) is 6.18 Å². The smallest absolute Gasteiger partial charge is 0.377 e. The number of hydrogen-bond acceptors (Lipinski definition) is 6. The normalized spacial score (nSPS) is 17.2. The third kappa shape index (κ3) is 6.50. The molecule has 3 aromatic rings. The number of carbonyl (C=O) groups excluding carboxylic acids is 2. The number of thiazole rings is 1. The second-order valence-electron chi connectivity index (χ2n) is 9.75. The largest absolute Gasteiger partial charge is 0.416 e. The number of halogens is 3. The van der Waals surface area contributed by atoms with Crippen molar-refractivity contribution in [1.82, 2.24) is 14.8 Å². The number of carbonyl (C=O) groups is 2. The molecule has 2 aromatic carbocycles. The highest BCUT2D eigenvalue weighted by molar-refractivity contribution is 7.09. The number of amides is 1. The lowest BCUT2D eigenvalue weighted by Gasteiger charge is -2.36. The highest BCUT2D eigenvalue weighted by Crippen LogP contribution is 2.33. The van der Waals surface area contributed by atoms with E-state index in [1.54, 1.807) is 29.2 Å².